The zero-order chi connectivity index (χ0) is 19.9. The van der Waals surface area contributed by atoms with Gasteiger partial charge in [-0.15, -0.1) is 0 Å². The maximum atomic E-state index is 13.3. The number of carbonyl (C=O) groups excluding carboxylic acids is 2. The number of hydrogen-bond acceptors (Lipinski definition) is 5. The second-order valence-electron chi connectivity index (χ2n) is 7.72. The molecule has 9 heteroatoms. The zero-order valence-electron chi connectivity index (χ0n) is 14.5. The molecule has 2 bridgehead atoms. The summed E-state index contributed by atoms with van der Waals surface area (Å²) in [5, 5.41) is 8.92. The number of hydrogen-bond donors (Lipinski definition) is 1. The van der Waals surface area contributed by atoms with Gasteiger partial charge in [0.25, 0.3) is 0 Å². The third kappa shape index (κ3) is 2.14. The smallest absolute Gasteiger partial charge is 0.366 e. The lowest BCUT2D eigenvalue weighted by molar-refractivity contribution is -0.138. The van der Waals surface area contributed by atoms with E-state index < -0.39 is 58.2 Å². The van der Waals surface area contributed by atoms with E-state index in [0.717, 1.165) is 11.0 Å². The van der Waals surface area contributed by atoms with Crippen molar-refractivity contribution in [3.8, 4) is 6.07 Å². The van der Waals surface area contributed by atoms with Gasteiger partial charge in [0.2, 0.25) is 11.8 Å². The Morgan fingerprint density at radius 3 is 2.48 bits per heavy atom. The minimum absolute atomic E-state index is 0.203. The lowest BCUT2D eigenvalue weighted by Gasteiger charge is -2.32. The summed E-state index contributed by atoms with van der Waals surface area (Å²) in [6.07, 6.45) is -4.40. The minimum Gasteiger partial charge on any atom is -0.366 e. The molecule has 2 N–H and O–H groups in total. The van der Waals surface area contributed by atoms with Crippen molar-refractivity contribution in [1.29, 1.82) is 5.26 Å². The van der Waals surface area contributed by atoms with Crippen LogP contribution in [-0.4, -0.2) is 29.1 Å². The fourth-order valence-corrected chi connectivity index (χ4v) is 4.86. The van der Waals surface area contributed by atoms with Crippen molar-refractivity contribution in [3.63, 3.8) is 0 Å². The second-order valence-corrected chi connectivity index (χ2v) is 7.72. The van der Waals surface area contributed by atoms with Crippen LogP contribution >= 0.6 is 0 Å². The standard InChI is InChI=1S/C18H16F3N3O3/c1-16-6-11(23)17(2,27-16)13-12(16)14(25)24(15(13)26)9-4-3-8(7-22)10(5-9)18(19,20)21/h3-5,11-13H,6,23H2,1-2H3/t11-,12?,13?,16-,17?/m1/s1. The molecule has 3 unspecified atom stereocenters. The summed E-state index contributed by atoms with van der Waals surface area (Å²) in [5.74, 6) is -2.85. The van der Waals surface area contributed by atoms with Crippen LogP contribution < -0.4 is 10.6 Å². The molecule has 4 rings (SSSR count). The number of rotatable bonds is 1. The summed E-state index contributed by atoms with van der Waals surface area (Å²) in [4.78, 5) is 26.8. The Morgan fingerprint density at radius 2 is 1.89 bits per heavy atom. The highest BCUT2D eigenvalue weighted by Crippen LogP contribution is 2.60. The second kappa shape index (κ2) is 5.09. The Labute approximate surface area is 152 Å². The molecule has 3 aliphatic heterocycles. The third-order valence-electron chi connectivity index (χ3n) is 6.08. The summed E-state index contributed by atoms with van der Waals surface area (Å²) in [6, 6.07) is 3.84. The molecule has 27 heavy (non-hydrogen) atoms. The predicted octanol–water partition coefficient (Wildman–Crippen LogP) is 1.96. The molecule has 0 radical (unpaired) electrons. The molecule has 3 heterocycles. The number of nitriles is 1. The molecule has 5 atom stereocenters. The molecule has 3 fully saturated rings. The molecule has 3 saturated heterocycles. The van der Waals surface area contributed by atoms with Crippen LogP contribution in [0.15, 0.2) is 18.2 Å². The van der Waals surface area contributed by atoms with Gasteiger partial charge >= 0.3 is 6.18 Å². The van der Waals surface area contributed by atoms with Crippen molar-refractivity contribution in [2.75, 3.05) is 4.90 Å². The van der Waals surface area contributed by atoms with Gasteiger partial charge in [0.15, 0.2) is 0 Å². The maximum Gasteiger partial charge on any atom is 0.417 e. The molecular formula is C18H16F3N3O3. The quantitative estimate of drug-likeness (QED) is 0.753. The monoisotopic (exact) mass is 379 g/mol. The van der Waals surface area contributed by atoms with Crippen molar-refractivity contribution < 1.29 is 27.5 Å². The number of halogens is 3. The van der Waals surface area contributed by atoms with E-state index in [0.29, 0.717) is 12.5 Å². The van der Waals surface area contributed by atoms with Crippen molar-refractivity contribution in [2.24, 2.45) is 17.6 Å². The summed E-state index contributed by atoms with van der Waals surface area (Å²) in [7, 11) is 0. The lowest BCUT2D eigenvalue weighted by Crippen LogP contribution is -2.53. The first-order valence-electron chi connectivity index (χ1n) is 8.39. The van der Waals surface area contributed by atoms with Crippen LogP contribution in [0, 0.1) is 23.2 Å². The fraction of sp³-hybridized carbons (Fsp3) is 0.500. The molecule has 1 aromatic carbocycles. The van der Waals surface area contributed by atoms with Crippen LogP contribution in [0.5, 0.6) is 0 Å². The van der Waals surface area contributed by atoms with Crippen LogP contribution in [0.4, 0.5) is 18.9 Å². The largest absolute Gasteiger partial charge is 0.417 e. The van der Waals surface area contributed by atoms with E-state index in [1.165, 1.54) is 12.1 Å². The van der Waals surface area contributed by atoms with Gasteiger partial charge in [0.1, 0.15) is 0 Å². The van der Waals surface area contributed by atoms with Crippen molar-refractivity contribution in [3.05, 3.63) is 29.3 Å². The molecular weight excluding hydrogens is 363 g/mol. The highest BCUT2D eigenvalue weighted by Gasteiger charge is 2.75. The normalized spacial score (nSPS) is 37.7. The number of alkyl halides is 3. The van der Waals surface area contributed by atoms with Gasteiger partial charge in [0, 0.05) is 6.04 Å². The Hall–Kier alpha value is -2.44. The van der Waals surface area contributed by atoms with Crippen LogP contribution in [0.25, 0.3) is 0 Å². The average molecular weight is 379 g/mol. The number of nitrogens with two attached hydrogens (primary N) is 1. The van der Waals surface area contributed by atoms with E-state index in [4.69, 9.17) is 15.7 Å². The molecule has 6 nitrogen and oxygen atoms in total. The van der Waals surface area contributed by atoms with E-state index in [1.54, 1.807) is 13.8 Å². The van der Waals surface area contributed by atoms with Crippen LogP contribution in [0.2, 0.25) is 0 Å². The van der Waals surface area contributed by atoms with Crippen molar-refractivity contribution >= 4 is 17.5 Å². The van der Waals surface area contributed by atoms with Gasteiger partial charge in [-0.05, 0) is 38.5 Å². The first kappa shape index (κ1) is 17.9. The van der Waals surface area contributed by atoms with Crippen molar-refractivity contribution in [2.45, 2.75) is 43.7 Å². The lowest BCUT2D eigenvalue weighted by atomic mass is 9.67. The van der Waals surface area contributed by atoms with Gasteiger partial charge in [-0.3, -0.25) is 9.59 Å². The Morgan fingerprint density at radius 1 is 1.26 bits per heavy atom. The molecule has 142 valence electrons. The van der Waals surface area contributed by atoms with E-state index in [2.05, 4.69) is 0 Å². The average Bonchev–Trinajstić information content (AvgIpc) is 3.07. The van der Waals surface area contributed by atoms with Gasteiger partial charge in [-0.1, -0.05) is 0 Å². The topological polar surface area (TPSA) is 96.4 Å². The summed E-state index contributed by atoms with van der Waals surface area (Å²) < 4.78 is 45.7. The zero-order valence-corrected chi connectivity index (χ0v) is 14.5. The predicted molar refractivity (Wildman–Crippen MR) is 86.1 cm³/mol. The van der Waals surface area contributed by atoms with Gasteiger partial charge < -0.3 is 10.5 Å². The van der Waals surface area contributed by atoms with E-state index >= 15 is 0 Å². The minimum atomic E-state index is -4.79. The fourth-order valence-electron chi connectivity index (χ4n) is 4.86. The highest BCUT2D eigenvalue weighted by atomic mass is 19.4. The number of carbonyl (C=O) groups is 2. The van der Waals surface area contributed by atoms with Gasteiger partial charge in [0.05, 0.1) is 45.9 Å². The number of fused-ring (bicyclic) bond motifs is 5. The first-order chi connectivity index (χ1) is 12.4. The number of nitrogens with zero attached hydrogens (tertiary/aromatic N) is 2. The highest BCUT2D eigenvalue weighted by molar-refractivity contribution is 6.23. The number of ether oxygens (including phenoxy) is 1. The molecule has 2 amide bonds. The van der Waals surface area contributed by atoms with Gasteiger partial charge in [-0.25, -0.2) is 4.90 Å². The van der Waals surface area contributed by atoms with Gasteiger partial charge in [-0.2, -0.15) is 18.4 Å². The SMILES string of the molecule is CC12O[C@](C)(C[C@H]1N)C1C(=O)N(c3ccc(C#N)c(C(F)(F)F)c3)C(=O)C12. The summed E-state index contributed by atoms with van der Waals surface area (Å²) >= 11 is 0. The van der Waals surface area contributed by atoms with Crippen LogP contribution in [0.3, 0.4) is 0 Å². The number of imide groups is 1. The summed E-state index contributed by atoms with van der Waals surface area (Å²) in [6.45, 7) is 3.37. The Kier molecular flexibility index (Phi) is 3.38. The molecule has 0 aromatic heterocycles. The third-order valence-corrected chi connectivity index (χ3v) is 6.08. The van der Waals surface area contributed by atoms with E-state index in [9.17, 15) is 22.8 Å². The van der Waals surface area contributed by atoms with Crippen molar-refractivity contribution in [1.82, 2.24) is 0 Å². The molecule has 0 spiro atoms. The van der Waals surface area contributed by atoms with E-state index in [-0.39, 0.29) is 5.69 Å². The van der Waals surface area contributed by atoms with E-state index in [1.807, 2.05) is 0 Å². The number of amides is 2. The first-order valence-corrected chi connectivity index (χ1v) is 8.39. The number of benzene rings is 1. The van der Waals surface area contributed by atoms with Crippen LogP contribution in [-0.2, 0) is 20.5 Å². The maximum absolute atomic E-state index is 13.3. The van der Waals surface area contributed by atoms with Crippen LogP contribution in [0.1, 0.15) is 31.4 Å². The molecule has 0 aliphatic carbocycles. The number of anilines is 1. The Balaban J connectivity index is 1.81. The Bertz CT molecular complexity index is 925. The molecule has 3 aliphatic rings. The summed E-state index contributed by atoms with van der Waals surface area (Å²) in [5.41, 5.74) is 2.18. The molecule has 1 aromatic rings. The molecule has 0 saturated carbocycles.